The van der Waals surface area contributed by atoms with Gasteiger partial charge in [-0.25, -0.2) is 14.6 Å². The van der Waals surface area contributed by atoms with Gasteiger partial charge in [-0.3, -0.25) is 4.79 Å². The highest BCUT2D eigenvalue weighted by molar-refractivity contribution is 5.86. The first-order valence-corrected chi connectivity index (χ1v) is 10.8. The van der Waals surface area contributed by atoms with Gasteiger partial charge in [0.1, 0.15) is 12.6 Å². The number of alkyl carbamates (subject to hydrolysis) is 1. The molecule has 9 heteroatoms. The number of H-pyrrole nitrogens is 1. The number of ether oxygens (including phenoxy) is 1. The van der Waals surface area contributed by atoms with Crippen LogP contribution >= 0.6 is 0 Å². The summed E-state index contributed by atoms with van der Waals surface area (Å²) in [4.78, 5) is 42.7. The van der Waals surface area contributed by atoms with Gasteiger partial charge in [0.2, 0.25) is 5.91 Å². The molecule has 1 aromatic heterocycles. The van der Waals surface area contributed by atoms with Crippen LogP contribution in [0.3, 0.4) is 0 Å². The number of benzene rings is 2. The zero-order chi connectivity index (χ0) is 23.9. The molecule has 2 amide bonds. The number of nitrogens with one attached hydrogen (secondary N) is 3. The molecule has 1 atom stereocenters. The summed E-state index contributed by atoms with van der Waals surface area (Å²) in [5, 5.41) is 13.9. The van der Waals surface area contributed by atoms with Gasteiger partial charge in [-0.05, 0) is 22.3 Å². The van der Waals surface area contributed by atoms with Gasteiger partial charge in [0.25, 0.3) is 0 Å². The van der Waals surface area contributed by atoms with Crippen molar-refractivity contribution in [2.45, 2.75) is 18.4 Å². The van der Waals surface area contributed by atoms with Crippen LogP contribution < -0.4 is 10.6 Å². The van der Waals surface area contributed by atoms with Crippen LogP contribution in [0.1, 0.15) is 22.7 Å². The van der Waals surface area contributed by atoms with Gasteiger partial charge in [0.05, 0.1) is 6.33 Å². The Hall–Kier alpha value is -4.40. The number of aromatic nitrogens is 2. The number of carboxylic acid groups (broad SMARTS) is 1. The Morgan fingerprint density at radius 1 is 1.09 bits per heavy atom. The van der Waals surface area contributed by atoms with Gasteiger partial charge >= 0.3 is 12.1 Å². The monoisotopic (exact) mass is 460 g/mol. The van der Waals surface area contributed by atoms with E-state index in [9.17, 15) is 14.4 Å². The molecule has 4 rings (SSSR count). The minimum atomic E-state index is -1.11. The van der Waals surface area contributed by atoms with E-state index < -0.39 is 24.0 Å². The van der Waals surface area contributed by atoms with Crippen molar-refractivity contribution in [3.63, 3.8) is 0 Å². The predicted octanol–water partition coefficient (Wildman–Crippen LogP) is 2.62. The van der Waals surface area contributed by atoms with E-state index in [0.717, 1.165) is 28.3 Å². The lowest BCUT2D eigenvalue weighted by atomic mass is 9.98. The van der Waals surface area contributed by atoms with E-state index in [1.807, 2.05) is 36.4 Å². The van der Waals surface area contributed by atoms with E-state index in [2.05, 4.69) is 32.7 Å². The molecule has 1 heterocycles. The van der Waals surface area contributed by atoms with Gasteiger partial charge in [0, 0.05) is 36.9 Å². The second kappa shape index (κ2) is 10.5. The second-order valence-corrected chi connectivity index (χ2v) is 7.79. The number of imidazole rings is 1. The Bertz CT molecular complexity index is 1160. The Morgan fingerprint density at radius 3 is 2.38 bits per heavy atom. The molecule has 0 aliphatic heterocycles. The van der Waals surface area contributed by atoms with Crippen LogP contribution in [0.25, 0.3) is 11.1 Å². The number of carbonyl (C=O) groups is 3. The van der Waals surface area contributed by atoms with Gasteiger partial charge in [-0.2, -0.15) is 0 Å². The van der Waals surface area contributed by atoms with Crippen LogP contribution in [0.4, 0.5) is 4.79 Å². The van der Waals surface area contributed by atoms with Gasteiger partial charge in [-0.15, -0.1) is 0 Å². The zero-order valence-corrected chi connectivity index (χ0v) is 18.2. The first kappa shape index (κ1) is 22.8. The molecule has 1 unspecified atom stereocenters. The van der Waals surface area contributed by atoms with Crippen molar-refractivity contribution in [3.05, 3.63) is 90.0 Å². The van der Waals surface area contributed by atoms with Crippen LogP contribution in [0.2, 0.25) is 0 Å². The summed E-state index contributed by atoms with van der Waals surface area (Å²) in [7, 11) is 0. The van der Waals surface area contributed by atoms with Crippen molar-refractivity contribution in [1.82, 2.24) is 20.6 Å². The molecule has 4 N–H and O–H groups in total. The fourth-order valence-corrected chi connectivity index (χ4v) is 4.05. The number of carboxylic acids is 1. The van der Waals surface area contributed by atoms with E-state index >= 15 is 0 Å². The van der Waals surface area contributed by atoms with Crippen LogP contribution in [0.15, 0.2) is 73.2 Å². The number of rotatable bonds is 9. The summed E-state index contributed by atoms with van der Waals surface area (Å²) in [6.07, 6.45) is 4.72. The number of carbonyl (C=O) groups excluding carboxylic acids is 2. The van der Waals surface area contributed by atoms with Crippen LogP contribution in [0, 0.1) is 0 Å². The molecule has 1 aliphatic rings. The number of hydrogen-bond acceptors (Lipinski definition) is 5. The van der Waals surface area contributed by atoms with Crippen molar-refractivity contribution in [1.29, 1.82) is 0 Å². The molecule has 3 aromatic rings. The van der Waals surface area contributed by atoms with Crippen molar-refractivity contribution in [3.8, 4) is 11.1 Å². The molecule has 34 heavy (non-hydrogen) atoms. The van der Waals surface area contributed by atoms with Gasteiger partial charge in [-0.1, -0.05) is 54.6 Å². The Labute approximate surface area is 195 Å². The molecular formula is C25H24N4O5. The molecule has 0 bridgehead atoms. The first-order valence-electron chi connectivity index (χ1n) is 10.8. The van der Waals surface area contributed by atoms with Crippen molar-refractivity contribution in [2.24, 2.45) is 0 Å². The largest absolute Gasteiger partial charge is 0.478 e. The molecule has 0 fully saturated rings. The smallest absolute Gasteiger partial charge is 0.407 e. The summed E-state index contributed by atoms with van der Waals surface area (Å²) in [5.41, 5.74) is 5.08. The van der Waals surface area contributed by atoms with E-state index in [0.29, 0.717) is 5.69 Å². The normalized spacial score (nSPS) is 13.2. The van der Waals surface area contributed by atoms with Crippen molar-refractivity contribution >= 4 is 18.0 Å². The molecule has 0 saturated heterocycles. The average Bonchev–Trinajstić information content (AvgIpc) is 3.46. The highest BCUT2D eigenvalue weighted by Gasteiger charge is 2.30. The fraction of sp³-hybridized carbons (Fsp3) is 0.200. The quantitative estimate of drug-likeness (QED) is 0.363. The SMILES string of the molecule is O=C(O)/C=C/CNC(=O)C(Cc1cnc[nH]1)NC(=O)OCC1c2ccccc2-c2ccccc21. The number of nitrogens with zero attached hydrogens (tertiary/aromatic N) is 1. The van der Waals surface area contributed by atoms with E-state index in [1.165, 1.54) is 12.4 Å². The Balaban J connectivity index is 1.40. The van der Waals surface area contributed by atoms with E-state index in [-0.39, 0.29) is 25.5 Å². The zero-order valence-electron chi connectivity index (χ0n) is 18.2. The summed E-state index contributed by atoms with van der Waals surface area (Å²) in [6.45, 7) is 0.136. The van der Waals surface area contributed by atoms with Crippen molar-refractivity contribution in [2.75, 3.05) is 13.2 Å². The molecular weight excluding hydrogens is 436 g/mol. The number of amides is 2. The maximum Gasteiger partial charge on any atom is 0.407 e. The summed E-state index contributed by atoms with van der Waals surface area (Å²) in [6, 6.07) is 15.1. The number of hydrogen-bond donors (Lipinski definition) is 4. The highest BCUT2D eigenvalue weighted by atomic mass is 16.5. The Morgan fingerprint density at radius 2 is 1.76 bits per heavy atom. The lowest BCUT2D eigenvalue weighted by molar-refractivity contribution is -0.131. The number of fused-ring (bicyclic) bond motifs is 3. The van der Waals surface area contributed by atoms with Gasteiger partial charge < -0.3 is 25.5 Å². The van der Waals surface area contributed by atoms with E-state index in [4.69, 9.17) is 9.84 Å². The molecule has 1 aliphatic carbocycles. The third kappa shape index (κ3) is 5.32. The molecule has 9 nitrogen and oxygen atoms in total. The van der Waals surface area contributed by atoms with E-state index in [1.54, 1.807) is 6.20 Å². The van der Waals surface area contributed by atoms with Crippen LogP contribution in [-0.4, -0.2) is 52.2 Å². The average molecular weight is 460 g/mol. The number of aromatic amines is 1. The fourth-order valence-electron chi connectivity index (χ4n) is 4.05. The highest BCUT2D eigenvalue weighted by Crippen LogP contribution is 2.44. The maximum absolute atomic E-state index is 12.7. The maximum atomic E-state index is 12.7. The Kier molecular flexibility index (Phi) is 7.02. The summed E-state index contributed by atoms with van der Waals surface area (Å²) in [5.74, 6) is -1.68. The summed E-state index contributed by atoms with van der Waals surface area (Å²) < 4.78 is 5.55. The lowest BCUT2D eigenvalue weighted by Crippen LogP contribution is -2.48. The van der Waals surface area contributed by atoms with Crippen LogP contribution in [-0.2, 0) is 20.7 Å². The van der Waals surface area contributed by atoms with Crippen LogP contribution in [0.5, 0.6) is 0 Å². The molecule has 0 saturated carbocycles. The molecule has 0 radical (unpaired) electrons. The topological polar surface area (TPSA) is 133 Å². The summed E-state index contributed by atoms with van der Waals surface area (Å²) >= 11 is 0. The first-order chi connectivity index (χ1) is 16.5. The predicted molar refractivity (Wildman–Crippen MR) is 124 cm³/mol. The minimum absolute atomic E-state index is 0.0109. The molecule has 0 spiro atoms. The minimum Gasteiger partial charge on any atom is -0.478 e. The standard InChI is InChI=1S/C25H24N4O5/c30-23(31)10-5-11-27-24(32)22(12-16-13-26-15-28-16)29-25(33)34-14-21-19-8-3-1-6-17(19)18-7-2-4-9-20(18)21/h1-10,13,15,21-22H,11-12,14H2,(H,26,28)(H,27,32)(H,29,33)(H,30,31)/b10-5+. The van der Waals surface area contributed by atoms with Gasteiger partial charge in [0.15, 0.2) is 0 Å². The van der Waals surface area contributed by atoms with Crippen molar-refractivity contribution < 1.29 is 24.2 Å². The second-order valence-electron chi connectivity index (χ2n) is 7.79. The third-order valence-corrected chi connectivity index (χ3v) is 5.59. The molecule has 174 valence electrons. The molecule has 2 aromatic carbocycles. The third-order valence-electron chi connectivity index (χ3n) is 5.59. The number of aliphatic carboxylic acids is 1. The lowest BCUT2D eigenvalue weighted by Gasteiger charge is -2.19.